The van der Waals surface area contributed by atoms with Gasteiger partial charge in [-0.3, -0.25) is 15.2 Å². The summed E-state index contributed by atoms with van der Waals surface area (Å²) in [6.45, 7) is 5.20. The lowest BCUT2D eigenvalue weighted by Crippen LogP contribution is -2.36. The number of nitrogens with two attached hydrogens (primary N) is 1. The number of carbonyl (C=O) groups is 1. The highest BCUT2D eigenvalue weighted by molar-refractivity contribution is 5.69. The van der Waals surface area contributed by atoms with Gasteiger partial charge >= 0.3 is 6.09 Å². The number of hydrazine groups is 1. The second-order valence-electron chi connectivity index (χ2n) is 4.27. The molecule has 0 aliphatic heterocycles. The Morgan fingerprint density at radius 3 is 2.71 bits per heavy atom. The molecule has 1 amide bonds. The third kappa shape index (κ3) is 4.87. The van der Waals surface area contributed by atoms with Crippen molar-refractivity contribution in [1.82, 2.24) is 15.4 Å². The van der Waals surface area contributed by atoms with Gasteiger partial charge in [0.2, 0.25) is 5.95 Å². The van der Waals surface area contributed by atoms with Gasteiger partial charge in [0.1, 0.15) is 5.60 Å². The summed E-state index contributed by atoms with van der Waals surface area (Å²) in [6.07, 6.45) is -0.682. The first kappa shape index (κ1) is 12.8. The average molecular weight is 241 g/mol. The van der Waals surface area contributed by atoms with Gasteiger partial charge in [0.25, 0.3) is 5.56 Å². The van der Waals surface area contributed by atoms with E-state index in [-0.39, 0.29) is 11.8 Å². The monoisotopic (exact) mass is 241 g/mol. The van der Waals surface area contributed by atoms with Gasteiger partial charge in [0, 0.05) is 6.07 Å². The number of carbonyl (C=O) groups excluding carboxylic acids is 1. The molecular formula is C9H15N5O3. The molecule has 1 rings (SSSR count). The zero-order valence-electron chi connectivity index (χ0n) is 9.83. The van der Waals surface area contributed by atoms with Crippen molar-refractivity contribution < 1.29 is 9.53 Å². The van der Waals surface area contributed by atoms with Crippen LogP contribution in [0.5, 0.6) is 0 Å². The Bertz CT molecular complexity index is 462. The van der Waals surface area contributed by atoms with Crippen molar-refractivity contribution in [3.05, 3.63) is 16.4 Å². The maximum Gasteiger partial charge on any atom is 0.426 e. The molecule has 8 nitrogen and oxygen atoms in total. The van der Waals surface area contributed by atoms with Gasteiger partial charge < -0.3 is 10.5 Å². The number of hydrogen-bond donors (Lipinski definition) is 4. The van der Waals surface area contributed by atoms with E-state index in [1.54, 1.807) is 20.8 Å². The second kappa shape index (κ2) is 4.73. The largest absolute Gasteiger partial charge is 0.443 e. The maximum absolute atomic E-state index is 11.3. The van der Waals surface area contributed by atoms with Gasteiger partial charge in [-0.15, -0.1) is 0 Å². The lowest BCUT2D eigenvalue weighted by Gasteiger charge is -2.19. The number of nitrogen functional groups attached to an aromatic ring is 1. The zero-order chi connectivity index (χ0) is 13.1. The Labute approximate surface area is 97.5 Å². The topological polar surface area (TPSA) is 122 Å². The Hall–Kier alpha value is -2.25. The fraction of sp³-hybridized carbons (Fsp3) is 0.444. The molecular weight excluding hydrogens is 226 g/mol. The Morgan fingerprint density at radius 1 is 1.53 bits per heavy atom. The summed E-state index contributed by atoms with van der Waals surface area (Å²) in [6, 6.07) is 1.15. The normalized spacial score (nSPS) is 10.8. The number of nitrogens with zero attached hydrogens (tertiary/aromatic N) is 1. The number of hydrogen-bond acceptors (Lipinski definition) is 6. The molecule has 0 aliphatic rings. The molecule has 5 N–H and O–H groups in total. The molecule has 1 aromatic heterocycles. The molecule has 0 spiro atoms. The number of rotatable bonds is 2. The van der Waals surface area contributed by atoms with E-state index in [4.69, 9.17) is 10.5 Å². The molecule has 0 saturated carbocycles. The van der Waals surface area contributed by atoms with Crippen LogP contribution >= 0.6 is 0 Å². The number of amides is 1. The molecule has 1 heterocycles. The molecule has 0 atom stereocenters. The van der Waals surface area contributed by atoms with Crippen molar-refractivity contribution in [1.29, 1.82) is 0 Å². The minimum atomic E-state index is -0.682. The summed E-state index contributed by atoms with van der Waals surface area (Å²) in [4.78, 5) is 28.3. The van der Waals surface area contributed by atoms with Crippen LogP contribution in [0.3, 0.4) is 0 Å². The lowest BCUT2D eigenvalue weighted by atomic mass is 10.2. The molecule has 0 fully saturated rings. The van der Waals surface area contributed by atoms with Crippen LogP contribution in [0.15, 0.2) is 10.9 Å². The highest BCUT2D eigenvalue weighted by Crippen LogP contribution is 2.06. The maximum atomic E-state index is 11.3. The Morgan fingerprint density at radius 2 is 2.18 bits per heavy atom. The number of nitrogens with one attached hydrogen (secondary N) is 3. The molecule has 0 aromatic carbocycles. The summed E-state index contributed by atoms with van der Waals surface area (Å²) in [5.41, 5.74) is 8.93. The van der Waals surface area contributed by atoms with E-state index in [1.165, 1.54) is 0 Å². The number of aromatic nitrogens is 2. The van der Waals surface area contributed by atoms with Gasteiger partial charge in [-0.2, -0.15) is 4.98 Å². The fourth-order valence-corrected chi connectivity index (χ4v) is 0.959. The first-order valence-corrected chi connectivity index (χ1v) is 4.88. The van der Waals surface area contributed by atoms with Crippen LogP contribution in [0.1, 0.15) is 20.8 Å². The van der Waals surface area contributed by atoms with E-state index in [9.17, 15) is 9.59 Å². The van der Waals surface area contributed by atoms with Crippen LogP contribution in [0.2, 0.25) is 0 Å². The molecule has 0 aliphatic carbocycles. The molecule has 8 heteroatoms. The van der Waals surface area contributed by atoms with Crippen molar-refractivity contribution in [2.45, 2.75) is 26.4 Å². The van der Waals surface area contributed by atoms with E-state index in [2.05, 4.69) is 20.8 Å². The van der Waals surface area contributed by atoms with E-state index >= 15 is 0 Å². The van der Waals surface area contributed by atoms with Crippen LogP contribution in [-0.4, -0.2) is 21.7 Å². The number of ether oxygens (including phenoxy) is 1. The van der Waals surface area contributed by atoms with Crippen LogP contribution in [0.4, 0.5) is 16.6 Å². The third-order valence-electron chi connectivity index (χ3n) is 1.45. The predicted octanol–water partition coefficient (Wildman–Crippen LogP) is 0.204. The van der Waals surface area contributed by atoms with Gasteiger partial charge in [-0.05, 0) is 20.8 Å². The first-order chi connectivity index (χ1) is 7.76. The van der Waals surface area contributed by atoms with Gasteiger partial charge in [0.05, 0.1) is 0 Å². The van der Waals surface area contributed by atoms with Gasteiger partial charge in [-0.1, -0.05) is 0 Å². The highest BCUT2D eigenvalue weighted by atomic mass is 16.6. The van der Waals surface area contributed by atoms with Crippen LogP contribution in [0, 0.1) is 0 Å². The van der Waals surface area contributed by atoms with E-state index in [0.29, 0.717) is 0 Å². The van der Waals surface area contributed by atoms with Crippen molar-refractivity contribution in [2.75, 3.05) is 11.2 Å². The van der Waals surface area contributed by atoms with E-state index in [0.717, 1.165) is 6.07 Å². The molecule has 0 unspecified atom stereocenters. The summed E-state index contributed by atoms with van der Waals surface area (Å²) in [7, 11) is 0. The van der Waals surface area contributed by atoms with Crippen LogP contribution in [0.25, 0.3) is 0 Å². The SMILES string of the molecule is CC(C)(C)OC(=O)NNc1cc(=O)[nH]c(N)n1. The summed E-state index contributed by atoms with van der Waals surface area (Å²) < 4.78 is 4.96. The average Bonchev–Trinajstić information content (AvgIpc) is 2.10. The third-order valence-corrected chi connectivity index (χ3v) is 1.45. The minimum Gasteiger partial charge on any atom is -0.443 e. The molecule has 17 heavy (non-hydrogen) atoms. The highest BCUT2D eigenvalue weighted by Gasteiger charge is 2.15. The Kier molecular flexibility index (Phi) is 3.56. The lowest BCUT2D eigenvalue weighted by molar-refractivity contribution is 0.0541. The van der Waals surface area contributed by atoms with Crippen molar-refractivity contribution in [3.8, 4) is 0 Å². The van der Waals surface area contributed by atoms with E-state index in [1.807, 2.05) is 0 Å². The van der Waals surface area contributed by atoms with Gasteiger partial charge in [-0.25, -0.2) is 10.2 Å². The second-order valence-corrected chi connectivity index (χ2v) is 4.27. The standard InChI is InChI=1S/C9H15N5O3/c1-9(2,3)17-8(16)14-13-5-4-6(15)12-7(10)11-5/h4H,1-3H3,(H,14,16)(H4,10,11,12,13,15). The Balaban J connectivity index is 2.56. The van der Waals surface area contributed by atoms with Crippen LogP contribution < -0.4 is 22.1 Å². The molecule has 0 bridgehead atoms. The molecule has 0 radical (unpaired) electrons. The number of aromatic amines is 1. The molecule has 1 aromatic rings. The summed E-state index contributed by atoms with van der Waals surface area (Å²) >= 11 is 0. The van der Waals surface area contributed by atoms with Crippen molar-refractivity contribution >= 4 is 17.9 Å². The zero-order valence-corrected chi connectivity index (χ0v) is 9.83. The molecule has 94 valence electrons. The minimum absolute atomic E-state index is 0.0500. The van der Waals surface area contributed by atoms with E-state index < -0.39 is 17.3 Å². The van der Waals surface area contributed by atoms with Crippen LogP contribution in [-0.2, 0) is 4.74 Å². The smallest absolute Gasteiger partial charge is 0.426 e. The summed E-state index contributed by atoms with van der Waals surface area (Å²) in [5.74, 6) is 0.0723. The fourth-order valence-electron chi connectivity index (χ4n) is 0.959. The summed E-state index contributed by atoms with van der Waals surface area (Å²) in [5, 5.41) is 0. The number of H-pyrrole nitrogens is 1. The van der Waals surface area contributed by atoms with Gasteiger partial charge in [0.15, 0.2) is 5.82 Å². The predicted molar refractivity (Wildman–Crippen MR) is 62.3 cm³/mol. The molecule has 0 saturated heterocycles. The van der Waals surface area contributed by atoms with Crippen molar-refractivity contribution in [3.63, 3.8) is 0 Å². The van der Waals surface area contributed by atoms with Crippen molar-refractivity contribution in [2.24, 2.45) is 0 Å². The number of anilines is 2. The quantitative estimate of drug-likeness (QED) is 0.549. The first-order valence-electron chi connectivity index (χ1n) is 4.88.